The molecule has 15 heavy (non-hydrogen) atoms. The molecule has 0 saturated carbocycles. The molecule has 0 aliphatic heterocycles. The molecule has 0 atom stereocenters. The van der Waals surface area contributed by atoms with E-state index in [0.29, 0.717) is 18.4 Å². The van der Waals surface area contributed by atoms with Crippen LogP contribution in [0, 0.1) is 5.82 Å². The Kier molecular flexibility index (Phi) is 2.54. The average molecular weight is 206 g/mol. The molecule has 0 unspecified atom stereocenters. The molecule has 2 nitrogen and oxygen atoms in total. The summed E-state index contributed by atoms with van der Waals surface area (Å²) in [6.07, 6.45) is 3.06. The second-order valence-electron chi connectivity index (χ2n) is 3.68. The van der Waals surface area contributed by atoms with E-state index in [9.17, 15) is 9.18 Å². The molecule has 1 aliphatic rings. The van der Waals surface area contributed by atoms with Gasteiger partial charge in [0, 0.05) is 6.42 Å². The van der Waals surface area contributed by atoms with Crippen LogP contribution in [0.1, 0.15) is 24.0 Å². The summed E-state index contributed by atoms with van der Waals surface area (Å²) in [6.45, 7) is 0. The van der Waals surface area contributed by atoms with Gasteiger partial charge in [0.2, 0.25) is 0 Å². The van der Waals surface area contributed by atoms with E-state index in [1.165, 1.54) is 6.07 Å². The standard InChI is InChI=1S/C12H11FO2/c13-11-3-1-2-9-6-8(7-10(9)11)4-5-12(14)15/h1-3,6H,4-5,7H2,(H,14,15). The third kappa shape index (κ3) is 2.06. The predicted octanol–water partition coefficient (Wildman–Crippen LogP) is 2.63. The number of carboxylic acids is 1. The Morgan fingerprint density at radius 3 is 2.93 bits per heavy atom. The molecule has 1 aromatic rings. The monoisotopic (exact) mass is 206 g/mol. The van der Waals surface area contributed by atoms with E-state index >= 15 is 0 Å². The number of aliphatic carboxylic acids is 1. The number of carbonyl (C=O) groups is 1. The van der Waals surface area contributed by atoms with Crippen LogP contribution in [-0.2, 0) is 11.2 Å². The van der Waals surface area contributed by atoms with Crippen LogP contribution in [-0.4, -0.2) is 11.1 Å². The first-order valence-electron chi connectivity index (χ1n) is 4.85. The number of hydrogen-bond acceptors (Lipinski definition) is 1. The number of allylic oxidation sites excluding steroid dienone is 1. The van der Waals surface area contributed by atoms with Gasteiger partial charge in [0.15, 0.2) is 0 Å². The minimum absolute atomic E-state index is 0.113. The normalized spacial score (nSPS) is 13.5. The van der Waals surface area contributed by atoms with E-state index in [4.69, 9.17) is 5.11 Å². The highest BCUT2D eigenvalue weighted by molar-refractivity contribution is 5.69. The van der Waals surface area contributed by atoms with Crippen LogP contribution in [0.2, 0.25) is 0 Å². The van der Waals surface area contributed by atoms with E-state index in [1.54, 1.807) is 6.07 Å². The summed E-state index contributed by atoms with van der Waals surface area (Å²) in [5.41, 5.74) is 2.57. The van der Waals surface area contributed by atoms with E-state index in [2.05, 4.69) is 0 Å². The van der Waals surface area contributed by atoms with E-state index in [0.717, 1.165) is 11.1 Å². The predicted molar refractivity (Wildman–Crippen MR) is 55.0 cm³/mol. The first kappa shape index (κ1) is 9.90. The molecule has 1 N–H and O–H groups in total. The summed E-state index contributed by atoms with van der Waals surface area (Å²) in [6, 6.07) is 4.96. The van der Waals surface area contributed by atoms with Gasteiger partial charge < -0.3 is 5.11 Å². The van der Waals surface area contributed by atoms with Crippen LogP contribution < -0.4 is 0 Å². The summed E-state index contributed by atoms with van der Waals surface area (Å²) in [5.74, 6) is -1.01. The molecule has 0 radical (unpaired) electrons. The molecule has 0 spiro atoms. The molecule has 0 aromatic heterocycles. The SMILES string of the molecule is O=C(O)CCC1=Cc2cccc(F)c2C1. The average Bonchev–Trinajstić information content (AvgIpc) is 2.59. The maximum Gasteiger partial charge on any atom is 0.303 e. The van der Waals surface area contributed by atoms with Crippen LogP contribution in [0.15, 0.2) is 23.8 Å². The fraction of sp³-hybridized carbons (Fsp3) is 0.250. The number of hydrogen-bond donors (Lipinski definition) is 1. The van der Waals surface area contributed by atoms with E-state index < -0.39 is 5.97 Å². The topological polar surface area (TPSA) is 37.3 Å². The fourth-order valence-corrected chi connectivity index (χ4v) is 1.82. The van der Waals surface area contributed by atoms with E-state index in [1.807, 2.05) is 12.1 Å². The smallest absolute Gasteiger partial charge is 0.303 e. The lowest BCUT2D eigenvalue weighted by molar-refractivity contribution is -0.136. The van der Waals surface area contributed by atoms with Gasteiger partial charge in [0.25, 0.3) is 0 Å². The fourth-order valence-electron chi connectivity index (χ4n) is 1.82. The highest BCUT2D eigenvalue weighted by atomic mass is 19.1. The Balaban J connectivity index is 2.12. The van der Waals surface area contributed by atoms with Crippen molar-refractivity contribution in [3.63, 3.8) is 0 Å². The Morgan fingerprint density at radius 1 is 1.47 bits per heavy atom. The minimum Gasteiger partial charge on any atom is -0.481 e. The molecule has 1 aromatic carbocycles. The molecule has 0 heterocycles. The molecule has 0 saturated heterocycles. The molecular weight excluding hydrogens is 195 g/mol. The Labute approximate surface area is 87.0 Å². The van der Waals surface area contributed by atoms with Gasteiger partial charge in [-0.05, 0) is 30.0 Å². The number of rotatable bonds is 3. The molecule has 0 amide bonds. The van der Waals surface area contributed by atoms with Crippen LogP contribution in [0.4, 0.5) is 4.39 Å². The first-order valence-corrected chi connectivity index (χ1v) is 4.85. The molecule has 3 heteroatoms. The van der Waals surface area contributed by atoms with Gasteiger partial charge in [-0.1, -0.05) is 23.8 Å². The Bertz CT molecular complexity index is 435. The van der Waals surface area contributed by atoms with Crippen LogP contribution in [0.5, 0.6) is 0 Å². The second kappa shape index (κ2) is 3.85. The van der Waals surface area contributed by atoms with Crippen molar-refractivity contribution in [3.05, 3.63) is 40.7 Å². The van der Waals surface area contributed by atoms with Gasteiger partial charge in [-0.2, -0.15) is 0 Å². The summed E-state index contributed by atoms with van der Waals surface area (Å²) >= 11 is 0. The maximum absolute atomic E-state index is 13.3. The zero-order chi connectivity index (χ0) is 10.8. The quantitative estimate of drug-likeness (QED) is 0.825. The molecule has 0 bridgehead atoms. The van der Waals surface area contributed by atoms with Crippen molar-refractivity contribution in [1.82, 2.24) is 0 Å². The summed E-state index contributed by atoms with van der Waals surface area (Å²) in [7, 11) is 0. The van der Waals surface area contributed by atoms with Crippen molar-refractivity contribution in [2.24, 2.45) is 0 Å². The number of halogens is 1. The summed E-state index contributed by atoms with van der Waals surface area (Å²) in [5, 5.41) is 8.54. The van der Waals surface area contributed by atoms with Crippen molar-refractivity contribution in [2.75, 3.05) is 0 Å². The minimum atomic E-state index is -0.813. The van der Waals surface area contributed by atoms with Crippen molar-refractivity contribution in [2.45, 2.75) is 19.3 Å². The molecule has 78 valence electrons. The molecule has 1 aliphatic carbocycles. The van der Waals surface area contributed by atoms with Crippen molar-refractivity contribution in [3.8, 4) is 0 Å². The Hall–Kier alpha value is -1.64. The van der Waals surface area contributed by atoms with Gasteiger partial charge >= 0.3 is 5.97 Å². The highest BCUT2D eigenvalue weighted by Crippen LogP contribution is 2.29. The van der Waals surface area contributed by atoms with Crippen molar-refractivity contribution >= 4 is 12.0 Å². The number of carboxylic acid groups (broad SMARTS) is 1. The van der Waals surface area contributed by atoms with Gasteiger partial charge in [0.1, 0.15) is 5.82 Å². The third-order valence-corrected chi connectivity index (χ3v) is 2.58. The number of fused-ring (bicyclic) bond motifs is 1. The van der Waals surface area contributed by atoms with Gasteiger partial charge in [-0.3, -0.25) is 4.79 Å². The zero-order valence-electron chi connectivity index (χ0n) is 8.16. The third-order valence-electron chi connectivity index (χ3n) is 2.58. The van der Waals surface area contributed by atoms with Crippen LogP contribution in [0.3, 0.4) is 0 Å². The first-order chi connectivity index (χ1) is 7.16. The lowest BCUT2D eigenvalue weighted by Crippen LogP contribution is -1.96. The largest absolute Gasteiger partial charge is 0.481 e. The molecule has 2 rings (SSSR count). The second-order valence-corrected chi connectivity index (χ2v) is 3.68. The van der Waals surface area contributed by atoms with Crippen LogP contribution in [0.25, 0.3) is 6.08 Å². The molecule has 0 fully saturated rings. The van der Waals surface area contributed by atoms with E-state index in [-0.39, 0.29) is 12.2 Å². The van der Waals surface area contributed by atoms with Gasteiger partial charge in [-0.25, -0.2) is 4.39 Å². The highest BCUT2D eigenvalue weighted by Gasteiger charge is 2.16. The summed E-state index contributed by atoms with van der Waals surface area (Å²) < 4.78 is 13.3. The van der Waals surface area contributed by atoms with Gasteiger partial charge in [0.05, 0.1) is 0 Å². The van der Waals surface area contributed by atoms with Crippen LogP contribution >= 0.6 is 0 Å². The zero-order valence-corrected chi connectivity index (χ0v) is 8.16. The number of benzene rings is 1. The van der Waals surface area contributed by atoms with Gasteiger partial charge in [-0.15, -0.1) is 0 Å². The summed E-state index contributed by atoms with van der Waals surface area (Å²) in [4.78, 5) is 10.4. The Morgan fingerprint density at radius 2 is 2.27 bits per heavy atom. The lowest BCUT2D eigenvalue weighted by atomic mass is 10.1. The molecular formula is C12H11FO2. The van der Waals surface area contributed by atoms with Crippen molar-refractivity contribution < 1.29 is 14.3 Å². The van der Waals surface area contributed by atoms with Crippen molar-refractivity contribution in [1.29, 1.82) is 0 Å². The lowest BCUT2D eigenvalue weighted by Gasteiger charge is -2.00. The maximum atomic E-state index is 13.3.